The Hall–Kier alpha value is -0.320. The summed E-state index contributed by atoms with van der Waals surface area (Å²) in [4.78, 5) is 2.40. The molecule has 1 fully saturated rings. The van der Waals surface area contributed by atoms with Crippen LogP contribution in [0.4, 0.5) is 0 Å². The highest BCUT2D eigenvalue weighted by Crippen LogP contribution is 2.39. The van der Waals surface area contributed by atoms with Crippen LogP contribution in [0, 0.1) is 5.41 Å². The smallest absolute Gasteiger partial charge is 0.136 e. The zero-order chi connectivity index (χ0) is 14.0. The zero-order valence-electron chi connectivity index (χ0n) is 12.2. The Morgan fingerprint density at radius 1 is 1.47 bits per heavy atom. The molecule has 0 amide bonds. The predicted octanol–water partition coefficient (Wildman–Crippen LogP) is 3.94. The first kappa shape index (κ1) is 15.1. The molecule has 1 aromatic heterocycles. The second-order valence-corrected chi connectivity index (χ2v) is 7.30. The number of hydrogen-bond acceptors (Lipinski definition) is 3. The van der Waals surface area contributed by atoms with E-state index in [9.17, 15) is 0 Å². The fourth-order valence-electron chi connectivity index (χ4n) is 3.05. The van der Waals surface area contributed by atoms with Crippen molar-refractivity contribution < 1.29 is 4.42 Å². The molecule has 1 saturated carbocycles. The summed E-state index contributed by atoms with van der Waals surface area (Å²) in [6.45, 7) is 5.32. The molecule has 4 heteroatoms. The summed E-state index contributed by atoms with van der Waals surface area (Å²) in [6, 6.07) is 2.71. The van der Waals surface area contributed by atoms with Crippen LogP contribution in [0.2, 0.25) is 0 Å². The van der Waals surface area contributed by atoms with Gasteiger partial charge in [0.1, 0.15) is 5.76 Å². The standard InChI is InChI=1S/C15H25BrN2O/c1-15(2)7-4-11(5-8-15)18(3)13(10-17)14-12(16)6-9-19-14/h6,9,11,13H,4-5,7-8,10,17H2,1-3H3. The molecular formula is C15H25BrN2O. The van der Waals surface area contributed by atoms with E-state index in [0.717, 1.165) is 10.2 Å². The molecule has 19 heavy (non-hydrogen) atoms. The Balaban J connectivity index is 2.06. The maximum absolute atomic E-state index is 5.97. The number of nitrogens with two attached hydrogens (primary N) is 1. The molecule has 1 unspecified atom stereocenters. The van der Waals surface area contributed by atoms with Crippen LogP contribution in [0.5, 0.6) is 0 Å². The average Bonchev–Trinajstić information content (AvgIpc) is 2.76. The van der Waals surface area contributed by atoms with Crippen molar-refractivity contribution in [2.75, 3.05) is 13.6 Å². The summed E-state index contributed by atoms with van der Waals surface area (Å²) in [5, 5.41) is 0. The second kappa shape index (κ2) is 5.98. The van der Waals surface area contributed by atoms with Gasteiger partial charge in [0.15, 0.2) is 0 Å². The number of nitrogens with zero attached hydrogens (tertiary/aromatic N) is 1. The number of furan rings is 1. The minimum atomic E-state index is 0.163. The number of halogens is 1. The molecule has 1 atom stereocenters. The largest absolute Gasteiger partial charge is 0.466 e. The first-order chi connectivity index (χ1) is 8.94. The quantitative estimate of drug-likeness (QED) is 0.910. The minimum Gasteiger partial charge on any atom is -0.466 e. The molecular weight excluding hydrogens is 304 g/mol. The monoisotopic (exact) mass is 328 g/mol. The first-order valence-electron chi connectivity index (χ1n) is 7.09. The number of hydrogen-bond donors (Lipinski definition) is 1. The molecule has 1 aliphatic carbocycles. The Morgan fingerprint density at radius 2 is 2.11 bits per heavy atom. The average molecular weight is 329 g/mol. The molecule has 0 bridgehead atoms. The van der Waals surface area contributed by atoms with E-state index in [1.807, 2.05) is 6.07 Å². The Kier molecular flexibility index (Phi) is 4.75. The highest BCUT2D eigenvalue weighted by atomic mass is 79.9. The van der Waals surface area contributed by atoms with E-state index >= 15 is 0 Å². The van der Waals surface area contributed by atoms with Crippen LogP contribution in [0.1, 0.15) is 51.3 Å². The predicted molar refractivity (Wildman–Crippen MR) is 82.0 cm³/mol. The molecule has 0 spiro atoms. The van der Waals surface area contributed by atoms with Crippen LogP contribution >= 0.6 is 15.9 Å². The van der Waals surface area contributed by atoms with Gasteiger partial charge in [-0.3, -0.25) is 4.90 Å². The summed E-state index contributed by atoms with van der Waals surface area (Å²) >= 11 is 3.54. The van der Waals surface area contributed by atoms with Crippen molar-refractivity contribution in [2.24, 2.45) is 11.1 Å². The van der Waals surface area contributed by atoms with Crippen LogP contribution in [-0.2, 0) is 0 Å². The zero-order valence-corrected chi connectivity index (χ0v) is 13.7. The molecule has 0 aliphatic heterocycles. The van der Waals surface area contributed by atoms with Crippen molar-refractivity contribution in [1.82, 2.24) is 4.90 Å². The van der Waals surface area contributed by atoms with Crippen LogP contribution in [0.25, 0.3) is 0 Å². The van der Waals surface area contributed by atoms with Crippen LogP contribution in [0.15, 0.2) is 21.2 Å². The van der Waals surface area contributed by atoms with Crippen molar-refractivity contribution in [2.45, 2.75) is 51.6 Å². The van der Waals surface area contributed by atoms with Crippen LogP contribution in [0.3, 0.4) is 0 Å². The van der Waals surface area contributed by atoms with Gasteiger partial charge in [-0.2, -0.15) is 0 Å². The van der Waals surface area contributed by atoms with Gasteiger partial charge in [0.2, 0.25) is 0 Å². The van der Waals surface area contributed by atoms with Crippen molar-refractivity contribution in [3.63, 3.8) is 0 Å². The highest BCUT2D eigenvalue weighted by molar-refractivity contribution is 9.10. The maximum Gasteiger partial charge on any atom is 0.136 e. The van der Waals surface area contributed by atoms with Gasteiger partial charge in [-0.1, -0.05) is 13.8 Å². The summed E-state index contributed by atoms with van der Waals surface area (Å²) in [7, 11) is 2.18. The van der Waals surface area contributed by atoms with E-state index in [0.29, 0.717) is 18.0 Å². The summed E-state index contributed by atoms with van der Waals surface area (Å²) in [5.74, 6) is 0.954. The maximum atomic E-state index is 5.97. The van der Waals surface area contributed by atoms with Gasteiger partial charge in [0, 0.05) is 12.6 Å². The summed E-state index contributed by atoms with van der Waals surface area (Å²) in [5.41, 5.74) is 6.47. The van der Waals surface area contributed by atoms with Crippen molar-refractivity contribution in [3.05, 3.63) is 22.6 Å². The lowest BCUT2D eigenvalue weighted by Gasteiger charge is -2.41. The summed E-state index contributed by atoms with van der Waals surface area (Å²) < 4.78 is 6.62. The van der Waals surface area contributed by atoms with E-state index in [-0.39, 0.29) is 6.04 Å². The lowest BCUT2D eigenvalue weighted by atomic mass is 9.75. The molecule has 3 nitrogen and oxygen atoms in total. The minimum absolute atomic E-state index is 0.163. The molecule has 2 rings (SSSR count). The van der Waals surface area contributed by atoms with Gasteiger partial charge in [-0.15, -0.1) is 0 Å². The van der Waals surface area contributed by atoms with Crippen molar-refractivity contribution in [1.29, 1.82) is 0 Å². The molecule has 108 valence electrons. The normalized spacial score (nSPS) is 21.8. The molecule has 0 saturated heterocycles. The van der Waals surface area contributed by atoms with Crippen molar-refractivity contribution in [3.8, 4) is 0 Å². The lowest BCUT2D eigenvalue weighted by molar-refractivity contribution is 0.0879. The van der Waals surface area contributed by atoms with Gasteiger partial charge < -0.3 is 10.2 Å². The second-order valence-electron chi connectivity index (χ2n) is 6.45. The van der Waals surface area contributed by atoms with Crippen LogP contribution < -0.4 is 5.73 Å². The third-order valence-electron chi connectivity index (χ3n) is 4.55. The SMILES string of the molecule is CN(C1CCC(C)(C)CC1)C(CN)c1occc1Br. The van der Waals surface area contributed by atoms with Gasteiger partial charge in [0.05, 0.1) is 16.8 Å². The molecule has 1 aromatic rings. The molecule has 1 heterocycles. The molecule has 0 aromatic carbocycles. The van der Waals surface area contributed by atoms with Gasteiger partial charge in [0.25, 0.3) is 0 Å². The molecule has 0 radical (unpaired) electrons. The number of rotatable bonds is 4. The van der Waals surface area contributed by atoms with Gasteiger partial charge >= 0.3 is 0 Å². The van der Waals surface area contributed by atoms with Gasteiger partial charge in [-0.05, 0) is 60.1 Å². The van der Waals surface area contributed by atoms with Gasteiger partial charge in [-0.25, -0.2) is 0 Å². The van der Waals surface area contributed by atoms with E-state index in [2.05, 4.69) is 41.7 Å². The topological polar surface area (TPSA) is 42.4 Å². The fraction of sp³-hybridized carbons (Fsp3) is 0.733. The molecule has 1 aliphatic rings. The van der Waals surface area contributed by atoms with Crippen LogP contribution in [-0.4, -0.2) is 24.5 Å². The van der Waals surface area contributed by atoms with Crippen molar-refractivity contribution >= 4 is 15.9 Å². The highest BCUT2D eigenvalue weighted by Gasteiger charge is 2.32. The lowest BCUT2D eigenvalue weighted by Crippen LogP contribution is -2.41. The Morgan fingerprint density at radius 3 is 2.58 bits per heavy atom. The summed E-state index contributed by atoms with van der Waals surface area (Å²) in [6.07, 6.45) is 6.80. The molecule has 2 N–H and O–H groups in total. The van der Waals surface area contributed by atoms with E-state index < -0.39 is 0 Å². The first-order valence-corrected chi connectivity index (χ1v) is 7.89. The van der Waals surface area contributed by atoms with E-state index in [1.54, 1.807) is 6.26 Å². The Labute approximate surface area is 124 Å². The third-order valence-corrected chi connectivity index (χ3v) is 5.20. The third kappa shape index (κ3) is 3.41. The van der Waals surface area contributed by atoms with E-state index in [4.69, 9.17) is 10.2 Å². The van der Waals surface area contributed by atoms with E-state index in [1.165, 1.54) is 25.7 Å². The fourth-order valence-corrected chi connectivity index (χ4v) is 3.51. The Bertz CT molecular complexity index is 406. The number of likely N-dealkylation sites (N-methyl/N-ethyl adjacent to an activating group) is 1.